The molecule has 36 heavy (non-hydrogen) atoms. The van der Waals surface area contributed by atoms with Crippen LogP contribution in [0.5, 0.6) is 0 Å². The molecule has 8 bridgehead atoms. The Hall–Kier alpha value is -4.44. The molecular formula is C26H20N8OS. The average molecular weight is 493 g/mol. The van der Waals surface area contributed by atoms with Gasteiger partial charge < -0.3 is 4.98 Å². The maximum Gasteiger partial charge on any atom is 0.232 e. The summed E-state index contributed by atoms with van der Waals surface area (Å²) in [4.78, 5) is 36.3. The number of hydrogen-bond donors (Lipinski definition) is 2. The lowest BCUT2D eigenvalue weighted by atomic mass is 10.2. The minimum atomic E-state index is 0.0347. The number of aromatic nitrogens is 8. The van der Waals surface area contributed by atoms with E-state index in [2.05, 4.69) is 37.1 Å². The molecule has 176 valence electrons. The molecule has 0 saturated heterocycles. The molecule has 0 atom stereocenters. The molecule has 7 aromatic heterocycles. The molecule has 0 aliphatic carbocycles. The van der Waals surface area contributed by atoms with Gasteiger partial charge in [-0.1, -0.05) is 13.3 Å². The molecule has 7 heterocycles. The van der Waals surface area contributed by atoms with Crippen LogP contribution in [0.15, 0.2) is 55.1 Å². The highest BCUT2D eigenvalue weighted by Crippen LogP contribution is 2.29. The van der Waals surface area contributed by atoms with Gasteiger partial charge in [0.1, 0.15) is 21.4 Å². The first-order chi connectivity index (χ1) is 17.7. The Bertz CT molecular complexity index is 2030. The Morgan fingerprint density at radius 2 is 1.92 bits per heavy atom. The smallest absolute Gasteiger partial charge is 0.232 e. The molecule has 0 aliphatic rings. The first-order valence-electron chi connectivity index (χ1n) is 11.8. The quantitative estimate of drug-likeness (QED) is 0.310. The monoisotopic (exact) mass is 492 g/mol. The molecule has 0 amide bonds. The fraction of sp³-hybridized carbons (Fsp3) is 0.154. The number of imidazole rings is 1. The van der Waals surface area contributed by atoms with Crippen molar-refractivity contribution >= 4 is 81.8 Å². The van der Waals surface area contributed by atoms with Gasteiger partial charge in [0, 0.05) is 35.8 Å². The number of nitrogens with one attached hydrogen (secondary N) is 2. The van der Waals surface area contributed by atoms with Crippen LogP contribution in [0.4, 0.5) is 0 Å². The number of rotatable bonds is 3. The van der Waals surface area contributed by atoms with Crippen molar-refractivity contribution in [3.8, 4) is 0 Å². The summed E-state index contributed by atoms with van der Waals surface area (Å²) in [5.41, 5.74) is 5.08. The van der Waals surface area contributed by atoms with Crippen LogP contribution in [0.2, 0.25) is 0 Å². The predicted molar refractivity (Wildman–Crippen MR) is 143 cm³/mol. The standard InChI is InChI=1S/C26H20N8OS/c1-2-3-4-20(35)34-16-9-14(11-27-13-16)15-10-17-22(32-33-25(17)29-12-15)26-30-18-7-8-28-24(23(18)31-26)19-5-6-21(34)36-19/h5-13H,2-4H2,1H3,(H,30,31)(H,29,32,33). The lowest BCUT2D eigenvalue weighted by Crippen LogP contribution is -2.10. The molecule has 7 aromatic rings. The van der Waals surface area contributed by atoms with Crippen molar-refractivity contribution in [1.29, 1.82) is 0 Å². The molecule has 0 aliphatic heterocycles. The van der Waals surface area contributed by atoms with E-state index in [1.807, 2.05) is 30.3 Å². The third-order valence-electron chi connectivity index (χ3n) is 6.40. The summed E-state index contributed by atoms with van der Waals surface area (Å²) in [6, 6.07) is 9.89. The lowest BCUT2D eigenvalue weighted by Gasteiger charge is -2.07. The van der Waals surface area contributed by atoms with Gasteiger partial charge >= 0.3 is 0 Å². The van der Waals surface area contributed by atoms with Crippen molar-refractivity contribution in [2.24, 2.45) is 0 Å². The van der Waals surface area contributed by atoms with E-state index in [1.165, 1.54) is 11.3 Å². The first kappa shape index (κ1) is 20.9. The van der Waals surface area contributed by atoms with Gasteiger partial charge in [0.2, 0.25) is 5.91 Å². The highest BCUT2D eigenvalue weighted by Gasteiger charge is 2.13. The van der Waals surface area contributed by atoms with E-state index in [9.17, 15) is 4.79 Å². The van der Waals surface area contributed by atoms with E-state index in [0.29, 0.717) is 23.2 Å². The summed E-state index contributed by atoms with van der Waals surface area (Å²) in [6.45, 7) is 2.09. The normalized spacial score (nSPS) is 11.9. The summed E-state index contributed by atoms with van der Waals surface area (Å²) in [7, 11) is 0. The minimum absolute atomic E-state index is 0.0347. The number of aromatic amines is 2. The van der Waals surface area contributed by atoms with Gasteiger partial charge in [0.25, 0.3) is 0 Å². The third-order valence-corrected chi connectivity index (χ3v) is 7.47. The number of nitrogens with zero attached hydrogens (tertiary/aromatic N) is 6. The molecule has 0 unspecified atom stereocenters. The van der Waals surface area contributed by atoms with E-state index < -0.39 is 0 Å². The van der Waals surface area contributed by atoms with Crippen LogP contribution < -0.4 is 0 Å². The maximum atomic E-state index is 13.5. The molecule has 7 rings (SSSR count). The van der Waals surface area contributed by atoms with Crippen molar-refractivity contribution < 1.29 is 4.79 Å². The second-order valence-corrected chi connectivity index (χ2v) is 9.80. The number of H-pyrrole nitrogens is 2. The fourth-order valence-corrected chi connectivity index (χ4v) is 5.63. The van der Waals surface area contributed by atoms with Gasteiger partial charge in [0.15, 0.2) is 11.3 Å². The number of thiophene rings is 1. The number of hydrogen-bond acceptors (Lipinski definition) is 7. The van der Waals surface area contributed by atoms with E-state index in [4.69, 9.17) is 4.98 Å². The second kappa shape index (κ2) is 8.06. The van der Waals surface area contributed by atoms with Crippen LogP contribution in [0, 0.1) is 0 Å². The van der Waals surface area contributed by atoms with Crippen LogP contribution >= 0.6 is 11.3 Å². The van der Waals surface area contributed by atoms with Gasteiger partial charge in [-0.25, -0.2) is 9.97 Å². The summed E-state index contributed by atoms with van der Waals surface area (Å²) in [6.07, 6.45) is 9.30. The van der Waals surface area contributed by atoms with Crippen molar-refractivity contribution in [2.75, 3.05) is 0 Å². The van der Waals surface area contributed by atoms with E-state index in [1.54, 1.807) is 29.4 Å². The lowest BCUT2D eigenvalue weighted by molar-refractivity contribution is 0.0909. The van der Waals surface area contributed by atoms with Crippen LogP contribution in [0.25, 0.3) is 64.6 Å². The molecule has 0 spiro atoms. The Kier molecular flexibility index (Phi) is 4.68. The molecule has 0 saturated carbocycles. The molecule has 9 nitrogen and oxygen atoms in total. The van der Waals surface area contributed by atoms with Crippen molar-refractivity contribution in [2.45, 2.75) is 26.2 Å². The molecule has 2 N–H and O–H groups in total. The van der Waals surface area contributed by atoms with E-state index in [0.717, 1.165) is 60.6 Å². The second-order valence-electron chi connectivity index (χ2n) is 8.74. The molecule has 0 fully saturated rings. The van der Waals surface area contributed by atoms with Crippen molar-refractivity contribution in [3.63, 3.8) is 0 Å². The number of carbonyl (C=O) groups is 1. The van der Waals surface area contributed by atoms with Gasteiger partial charge in [-0.15, -0.1) is 11.3 Å². The Morgan fingerprint density at radius 1 is 1.00 bits per heavy atom. The number of pyridine rings is 3. The van der Waals surface area contributed by atoms with Crippen molar-refractivity contribution in [1.82, 2.24) is 39.7 Å². The summed E-state index contributed by atoms with van der Waals surface area (Å²) < 4.78 is 2.70. The highest BCUT2D eigenvalue weighted by molar-refractivity contribution is 7.24. The molecule has 0 radical (unpaired) electrons. The zero-order valence-corrected chi connectivity index (χ0v) is 20.1. The summed E-state index contributed by atoms with van der Waals surface area (Å²) in [5, 5.41) is 10.1. The zero-order chi connectivity index (χ0) is 24.2. The van der Waals surface area contributed by atoms with Crippen molar-refractivity contribution in [3.05, 3.63) is 55.1 Å². The van der Waals surface area contributed by atoms with Crippen LogP contribution in [0.1, 0.15) is 31.0 Å². The number of fused-ring (bicyclic) bond motifs is 9. The van der Waals surface area contributed by atoms with Gasteiger partial charge in [-0.2, -0.15) is 5.10 Å². The highest BCUT2D eigenvalue weighted by atomic mass is 32.1. The summed E-state index contributed by atoms with van der Waals surface area (Å²) in [5.74, 6) is 0.0347. The van der Waals surface area contributed by atoms with Gasteiger partial charge in [-0.05, 0) is 36.8 Å². The molecule has 10 heteroatoms. The van der Waals surface area contributed by atoms with Gasteiger partial charge in [-0.3, -0.25) is 24.4 Å². The predicted octanol–water partition coefficient (Wildman–Crippen LogP) is 6.05. The fourth-order valence-electron chi connectivity index (χ4n) is 4.59. The average Bonchev–Trinajstić information content (AvgIpc) is 3.64. The van der Waals surface area contributed by atoms with Crippen LogP contribution in [-0.2, 0) is 0 Å². The molecular weight excluding hydrogens is 472 g/mol. The number of unbranched alkanes of at least 4 members (excludes halogenated alkanes) is 1. The first-order valence-corrected chi connectivity index (χ1v) is 12.6. The maximum absolute atomic E-state index is 13.5. The SMILES string of the molecule is CCCCC(=O)n1c2cncc(c2)c2cnc3[nH]nc(c4nc5c(ccnc5c5ccc1s5)[nH]4)c3c2. The minimum Gasteiger partial charge on any atom is -0.336 e. The number of carbonyl (C=O) groups excluding carboxylic acids is 1. The largest absolute Gasteiger partial charge is 0.336 e. The van der Waals surface area contributed by atoms with E-state index in [-0.39, 0.29) is 5.91 Å². The molecule has 0 aromatic carbocycles. The Morgan fingerprint density at radius 3 is 2.83 bits per heavy atom. The Labute approximate surface area is 207 Å². The Balaban J connectivity index is 1.72. The zero-order valence-electron chi connectivity index (χ0n) is 19.3. The summed E-state index contributed by atoms with van der Waals surface area (Å²) >= 11 is 1.51. The van der Waals surface area contributed by atoms with E-state index >= 15 is 0 Å². The van der Waals surface area contributed by atoms with Crippen LogP contribution in [0.3, 0.4) is 0 Å². The third kappa shape index (κ3) is 3.22. The van der Waals surface area contributed by atoms with Gasteiger partial charge in [0.05, 0.1) is 27.3 Å². The van der Waals surface area contributed by atoms with Crippen LogP contribution in [-0.4, -0.2) is 45.6 Å². The topological polar surface area (TPSA) is 118 Å².